The van der Waals surface area contributed by atoms with Crippen LogP contribution in [0.25, 0.3) is 0 Å². The van der Waals surface area contributed by atoms with E-state index in [1.54, 1.807) is 0 Å². The lowest BCUT2D eigenvalue weighted by molar-refractivity contribution is -0.276. The number of nitrogens with two attached hydrogens (primary N) is 1. The minimum Gasteiger partial charge on any atom is -0.374 e. The van der Waals surface area contributed by atoms with E-state index in [-0.39, 0.29) is 16.8 Å². The quantitative estimate of drug-likeness (QED) is 0.775. The highest BCUT2D eigenvalue weighted by atomic mass is 19.4. The van der Waals surface area contributed by atoms with Crippen LogP contribution >= 0.6 is 0 Å². The van der Waals surface area contributed by atoms with Gasteiger partial charge in [0.25, 0.3) is 5.60 Å². The Morgan fingerprint density at radius 1 is 1.04 bits per heavy atom. The molecule has 148 valence electrons. The van der Waals surface area contributed by atoms with Crippen LogP contribution in [0.5, 0.6) is 0 Å². The van der Waals surface area contributed by atoms with E-state index in [1.807, 2.05) is 0 Å². The second-order valence-electron chi connectivity index (χ2n) is 6.12. The van der Waals surface area contributed by atoms with E-state index >= 15 is 0 Å². The first-order valence-corrected chi connectivity index (χ1v) is 7.84. The van der Waals surface area contributed by atoms with Crippen molar-refractivity contribution in [1.29, 1.82) is 0 Å². The molecule has 2 aromatic rings. The number of hydrogen-bond donors (Lipinski definition) is 1. The second kappa shape index (κ2) is 6.54. The summed E-state index contributed by atoms with van der Waals surface area (Å²) in [5.41, 5.74) is -0.178. The summed E-state index contributed by atoms with van der Waals surface area (Å²) in [6, 6.07) is 8.36. The third-order valence-electron chi connectivity index (χ3n) is 4.35. The molecule has 1 heterocycles. The predicted molar refractivity (Wildman–Crippen MR) is 86.4 cm³/mol. The highest BCUT2D eigenvalue weighted by molar-refractivity contribution is 6.10. The number of rotatable bonds is 3. The van der Waals surface area contributed by atoms with Gasteiger partial charge >= 0.3 is 12.4 Å². The molecule has 10 heteroatoms. The van der Waals surface area contributed by atoms with Gasteiger partial charge in [0, 0.05) is 23.1 Å². The molecule has 0 spiro atoms. The molecule has 0 saturated heterocycles. The summed E-state index contributed by atoms with van der Waals surface area (Å²) < 4.78 is 80.6. The zero-order chi connectivity index (χ0) is 20.7. The van der Waals surface area contributed by atoms with Gasteiger partial charge in [0.05, 0.1) is 11.3 Å². The molecule has 0 radical (unpaired) electrons. The van der Waals surface area contributed by atoms with Crippen LogP contribution in [-0.2, 0) is 16.6 Å². The molecule has 1 amide bonds. The molecule has 0 aromatic heterocycles. The number of halogens is 6. The van der Waals surface area contributed by atoms with Crippen molar-refractivity contribution in [2.75, 3.05) is 0 Å². The van der Waals surface area contributed by atoms with Gasteiger partial charge in [-0.3, -0.25) is 4.79 Å². The Bertz CT molecular complexity index is 952. The van der Waals surface area contributed by atoms with Crippen molar-refractivity contribution in [3.05, 3.63) is 70.8 Å². The molecule has 0 bridgehead atoms. The summed E-state index contributed by atoms with van der Waals surface area (Å²) in [4.78, 5) is 16.2. The molecule has 0 aliphatic carbocycles. The SMILES string of the molecule is NC(=O)c1ccccc1C1=NOC(c2cccc(C(F)(F)F)c2)(C(F)(F)F)C1. The van der Waals surface area contributed by atoms with E-state index < -0.39 is 41.4 Å². The molecule has 4 nitrogen and oxygen atoms in total. The number of carbonyl (C=O) groups excluding carboxylic acids is 1. The van der Waals surface area contributed by atoms with E-state index in [1.165, 1.54) is 24.3 Å². The fourth-order valence-electron chi connectivity index (χ4n) is 2.94. The number of hydrogen-bond acceptors (Lipinski definition) is 3. The maximum atomic E-state index is 13.9. The summed E-state index contributed by atoms with van der Waals surface area (Å²) >= 11 is 0. The van der Waals surface area contributed by atoms with Crippen LogP contribution in [0.15, 0.2) is 53.7 Å². The summed E-state index contributed by atoms with van der Waals surface area (Å²) in [6.45, 7) is 0. The molecule has 1 unspecified atom stereocenters. The molecular weight excluding hydrogens is 390 g/mol. The first-order chi connectivity index (χ1) is 13.0. The monoisotopic (exact) mass is 402 g/mol. The molecule has 3 rings (SSSR count). The topological polar surface area (TPSA) is 64.7 Å². The standard InChI is InChI=1S/C18H12F6N2O2/c19-17(20,21)11-5-3-4-10(8-11)16(18(22,23)24)9-14(26-28-16)12-6-1-2-7-13(12)15(25)27/h1-8H,9H2,(H2,25,27). The minimum atomic E-state index is -5.08. The van der Waals surface area contributed by atoms with Crippen molar-refractivity contribution in [3.63, 3.8) is 0 Å². The number of nitrogens with zero attached hydrogens (tertiary/aromatic N) is 1. The number of primary amides is 1. The summed E-state index contributed by atoms with van der Waals surface area (Å²) in [5, 5.41) is 3.44. The van der Waals surface area contributed by atoms with Gasteiger partial charge in [-0.25, -0.2) is 0 Å². The maximum Gasteiger partial charge on any atom is 0.435 e. The van der Waals surface area contributed by atoms with Crippen molar-refractivity contribution in [2.45, 2.75) is 24.4 Å². The van der Waals surface area contributed by atoms with Gasteiger partial charge in [-0.05, 0) is 18.2 Å². The molecule has 28 heavy (non-hydrogen) atoms. The van der Waals surface area contributed by atoms with Gasteiger partial charge in [-0.2, -0.15) is 26.3 Å². The fraction of sp³-hybridized carbons (Fsp3) is 0.222. The Labute approximate surface area is 154 Å². The van der Waals surface area contributed by atoms with Crippen molar-refractivity contribution in [1.82, 2.24) is 0 Å². The van der Waals surface area contributed by atoms with Crippen LogP contribution in [0.3, 0.4) is 0 Å². The van der Waals surface area contributed by atoms with Gasteiger partial charge in [0.15, 0.2) is 0 Å². The Hall–Kier alpha value is -3.04. The lowest BCUT2D eigenvalue weighted by atomic mass is 9.85. The van der Waals surface area contributed by atoms with Gasteiger partial charge in [0.1, 0.15) is 0 Å². The number of oxime groups is 1. The smallest absolute Gasteiger partial charge is 0.374 e. The number of alkyl halides is 6. The van der Waals surface area contributed by atoms with Crippen molar-refractivity contribution in [2.24, 2.45) is 10.9 Å². The second-order valence-corrected chi connectivity index (χ2v) is 6.12. The number of amides is 1. The van der Waals surface area contributed by atoms with E-state index in [0.29, 0.717) is 12.1 Å². The average molecular weight is 402 g/mol. The maximum absolute atomic E-state index is 13.9. The molecule has 2 aromatic carbocycles. The van der Waals surface area contributed by atoms with Crippen LogP contribution in [0.4, 0.5) is 26.3 Å². The zero-order valence-corrected chi connectivity index (χ0v) is 13.9. The van der Waals surface area contributed by atoms with E-state index in [0.717, 1.165) is 12.1 Å². The Balaban J connectivity index is 2.08. The lowest BCUT2D eigenvalue weighted by Crippen LogP contribution is -2.43. The number of benzene rings is 2. The third kappa shape index (κ3) is 3.30. The first kappa shape index (κ1) is 19.7. The summed E-state index contributed by atoms with van der Waals surface area (Å²) in [5.74, 6) is -0.887. The lowest BCUT2D eigenvalue weighted by Gasteiger charge is -2.30. The van der Waals surface area contributed by atoms with Crippen molar-refractivity contribution < 1.29 is 36.0 Å². The Morgan fingerprint density at radius 2 is 1.71 bits per heavy atom. The zero-order valence-electron chi connectivity index (χ0n) is 13.9. The van der Waals surface area contributed by atoms with E-state index in [2.05, 4.69) is 5.16 Å². The molecule has 1 aliphatic rings. The molecule has 2 N–H and O–H groups in total. The third-order valence-corrected chi connectivity index (χ3v) is 4.35. The normalized spacial score (nSPS) is 19.9. The highest BCUT2D eigenvalue weighted by Crippen LogP contribution is 2.49. The fourth-order valence-corrected chi connectivity index (χ4v) is 2.94. The van der Waals surface area contributed by atoms with Crippen LogP contribution in [0.1, 0.15) is 33.5 Å². The predicted octanol–water partition coefficient (Wildman–Crippen LogP) is 4.39. The number of carbonyl (C=O) groups is 1. The first-order valence-electron chi connectivity index (χ1n) is 7.84. The van der Waals surface area contributed by atoms with Crippen LogP contribution in [0, 0.1) is 0 Å². The van der Waals surface area contributed by atoms with Gasteiger partial charge in [0.2, 0.25) is 5.91 Å². The Morgan fingerprint density at radius 3 is 2.32 bits per heavy atom. The molecule has 1 aliphatic heterocycles. The highest BCUT2D eigenvalue weighted by Gasteiger charge is 2.62. The largest absolute Gasteiger partial charge is 0.435 e. The van der Waals surface area contributed by atoms with Crippen molar-refractivity contribution >= 4 is 11.6 Å². The van der Waals surface area contributed by atoms with E-state index in [4.69, 9.17) is 10.6 Å². The summed E-state index contributed by atoms with van der Waals surface area (Å²) in [7, 11) is 0. The van der Waals surface area contributed by atoms with Gasteiger partial charge in [-0.1, -0.05) is 35.5 Å². The Kier molecular flexibility index (Phi) is 4.60. The van der Waals surface area contributed by atoms with Gasteiger partial charge < -0.3 is 10.6 Å². The van der Waals surface area contributed by atoms with Gasteiger partial charge in [-0.15, -0.1) is 0 Å². The molecule has 1 atom stereocenters. The van der Waals surface area contributed by atoms with Crippen molar-refractivity contribution in [3.8, 4) is 0 Å². The van der Waals surface area contributed by atoms with E-state index in [9.17, 15) is 31.1 Å². The van der Waals surface area contributed by atoms with Crippen LogP contribution in [-0.4, -0.2) is 17.8 Å². The summed E-state index contributed by atoms with van der Waals surface area (Å²) in [6.07, 6.45) is -10.8. The molecular formula is C18H12F6N2O2. The minimum absolute atomic E-state index is 0.0214. The molecule has 0 fully saturated rings. The van der Waals surface area contributed by atoms with Crippen LogP contribution in [0.2, 0.25) is 0 Å². The van der Waals surface area contributed by atoms with Crippen LogP contribution < -0.4 is 5.73 Å². The molecule has 0 saturated carbocycles. The average Bonchev–Trinajstić information content (AvgIpc) is 3.07.